The van der Waals surface area contributed by atoms with E-state index in [-0.39, 0.29) is 0 Å². The fourth-order valence-electron chi connectivity index (χ4n) is 1.13. The molecule has 0 aromatic rings. The molecule has 0 amide bonds. The molecule has 0 aliphatic heterocycles. The first-order valence-electron chi connectivity index (χ1n) is 3.52. The molecule has 1 fully saturated rings. The van der Waals surface area contributed by atoms with Crippen LogP contribution >= 0.6 is 0 Å². The van der Waals surface area contributed by atoms with Gasteiger partial charge in [0.15, 0.2) is 0 Å². The SMILES string of the molecule is CC1CCCC1.[N-]=[N+]=C=O. The zero-order valence-corrected chi connectivity index (χ0v) is 6.21. The van der Waals surface area contributed by atoms with E-state index in [0.29, 0.717) is 0 Å². The Labute approximate surface area is 60.7 Å². The van der Waals surface area contributed by atoms with Crippen molar-refractivity contribution in [1.29, 1.82) is 0 Å². The van der Waals surface area contributed by atoms with Crippen LogP contribution in [0.25, 0.3) is 5.53 Å². The van der Waals surface area contributed by atoms with Gasteiger partial charge in [0.05, 0.1) is 0 Å². The zero-order valence-electron chi connectivity index (χ0n) is 6.21. The van der Waals surface area contributed by atoms with Crippen molar-refractivity contribution in [2.45, 2.75) is 32.6 Å². The Kier molecular flexibility index (Phi) is 5.65. The summed E-state index contributed by atoms with van der Waals surface area (Å²) in [6, 6.07) is 0. The number of nitrogens with zero attached hydrogens (tertiary/aromatic N) is 2. The van der Waals surface area contributed by atoms with E-state index in [9.17, 15) is 0 Å². The molecule has 0 atom stereocenters. The molecule has 1 saturated carbocycles. The van der Waals surface area contributed by atoms with Crippen LogP contribution in [0.3, 0.4) is 0 Å². The van der Waals surface area contributed by atoms with E-state index < -0.39 is 0 Å². The van der Waals surface area contributed by atoms with Gasteiger partial charge in [-0.1, -0.05) is 37.4 Å². The Hall–Kier alpha value is -0.910. The van der Waals surface area contributed by atoms with Crippen LogP contribution in [0.1, 0.15) is 32.6 Å². The summed E-state index contributed by atoms with van der Waals surface area (Å²) in [6.07, 6.45) is 6.81. The quantitative estimate of drug-likeness (QED) is 0.219. The predicted molar refractivity (Wildman–Crippen MR) is 36.9 cm³/mol. The summed E-state index contributed by atoms with van der Waals surface area (Å²) in [5.74, 6) is 1.05. The van der Waals surface area contributed by atoms with Crippen molar-refractivity contribution in [2.24, 2.45) is 5.92 Å². The second-order valence-corrected chi connectivity index (χ2v) is 2.58. The average molecular weight is 140 g/mol. The number of hydrogen-bond donors (Lipinski definition) is 0. The summed E-state index contributed by atoms with van der Waals surface area (Å²) >= 11 is 0. The summed E-state index contributed by atoms with van der Waals surface area (Å²) < 4.78 is 0. The second kappa shape index (κ2) is 6.21. The molecule has 1 rings (SSSR count). The molecule has 3 nitrogen and oxygen atoms in total. The number of isocyanates is 1. The first kappa shape index (κ1) is 9.09. The van der Waals surface area contributed by atoms with E-state index in [4.69, 9.17) is 10.3 Å². The minimum Gasteiger partial charge on any atom is -0.345 e. The summed E-state index contributed by atoms with van der Waals surface area (Å²) in [6.45, 7) is 2.34. The predicted octanol–water partition coefficient (Wildman–Crippen LogP) is 1.75. The smallest absolute Gasteiger partial charge is 0.345 e. The number of carbonyl (C=O) groups excluding carboxylic acids is 1. The molecule has 1 aliphatic rings. The average Bonchev–Trinajstić information content (AvgIpc) is 2.40. The Morgan fingerprint density at radius 2 is 1.90 bits per heavy atom. The van der Waals surface area contributed by atoms with Crippen molar-refractivity contribution in [1.82, 2.24) is 0 Å². The van der Waals surface area contributed by atoms with Gasteiger partial charge in [-0.2, -0.15) is 0 Å². The minimum absolute atomic E-state index is 0.861. The molecule has 0 radical (unpaired) electrons. The fraction of sp³-hybridized carbons (Fsp3) is 0.857. The van der Waals surface area contributed by atoms with Gasteiger partial charge in [0, 0.05) is 0 Å². The second-order valence-electron chi connectivity index (χ2n) is 2.58. The van der Waals surface area contributed by atoms with Gasteiger partial charge >= 0.3 is 6.08 Å². The van der Waals surface area contributed by atoms with Crippen LogP contribution in [0.4, 0.5) is 0 Å². The molecule has 0 N–H and O–H groups in total. The molecular weight excluding hydrogens is 128 g/mol. The molecule has 10 heavy (non-hydrogen) atoms. The number of rotatable bonds is 0. The Balaban J connectivity index is 0.000000180. The Bertz CT molecular complexity index is 130. The van der Waals surface area contributed by atoms with Crippen molar-refractivity contribution in [2.75, 3.05) is 0 Å². The lowest BCUT2D eigenvalue weighted by molar-refractivity contribution is -0.00453. The molecular formula is C7H12N2O. The van der Waals surface area contributed by atoms with Crippen LogP contribution in [0.2, 0.25) is 0 Å². The highest BCUT2D eigenvalue weighted by atomic mass is 16.1. The van der Waals surface area contributed by atoms with Crippen LogP contribution in [-0.4, -0.2) is 10.9 Å². The van der Waals surface area contributed by atoms with Gasteiger partial charge in [0.2, 0.25) is 0 Å². The van der Waals surface area contributed by atoms with Crippen molar-refractivity contribution in [3.8, 4) is 0 Å². The lowest BCUT2D eigenvalue weighted by Gasteiger charge is -1.91. The zero-order chi connectivity index (χ0) is 7.82. The molecule has 0 spiro atoms. The molecule has 1 aliphatic carbocycles. The fourth-order valence-corrected chi connectivity index (χ4v) is 1.13. The van der Waals surface area contributed by atoms with Crippen molar-refractivity contribution in [3.63, 3.8) is 0 Å². The topological polar surface area (TPSA) is 53.5 Å². The number of hydrogen-bond acceptors (Lipinski definition) is 1. The maximum absolute atomic E-state index is 8.63. The summed E-state index contributed by atoms with van der Waals surface area (Å²) in [5.41, 5.74) is 7.08. The highest BCUT2D eigenvalue weighted by Gasteiger charge is 2.07. The first-order chi connectivity index (χ1) is 4.81. The van der Waals surface area contributed by atoms with Crippen molar-refractivity contribution in [3.05, 3.63) is 5.53 Å². The van der Waals surface area contributed by atoms with Crippen LogP contribution in [0.5, 0.6) is 0 Å². The third-order valence-electron chi connectivity index (χ3n) is 1.68. The summed E-state index contributed by atoms with van der Waals surface area (Å²) in [7, 11) is 0. The van der Waals surface area contributed by atoms with Gasteiger partial charge in [0.25, 0.3) is 0 Å². The van der Waals surface area contributed by atoms with E-state index in [0.717, 1.165) is 12.0 Å². The Morgan fingerprint density at radius 1 is 1.50 bits per heavy atom. The molecule has 0 saturated heterocycles. The third kappa shape index (κ3) is 5.23. The highest BCUT2D eigenvalue weighted by molar-refractivity contribution is 5.22. The van der Waals surface area contributed by atoms with Crippen LogP contribution in [0.15, 0.2) is 0 Å². The molecule has 0 aromatic heterocycles. The molecule has 0 unspecified atom stereocenters. The lowest BCUT2D eigenvalue weighted by Crippen LogP contribution is -1.78. The van der Waals surface area contributed by atoms with Crippen LogP contribution in [0, 0.1) is 5.92 Å². The molecule has 0 heterocycles. The van der Waals surface area contributed by atoms with Gasteiger partial charge < -0.3 is 5.53 Å². The van der Waals surface area contributed by atoms with Gasteiger partial charge in [-0.15, -0.1) is 4.79 Å². The maximum atomic E-state index is 8.63. The highest BCUT2D eigenvalue weighted by Crippen LogP contribution is 2.22. The maximum Gasteiger partial charge on any atom is 0.557 e. The standard InChI is InChI=1S/C6H12.CN2O/c1-6-4-2-3-5-6;2-3-1-4/h6H,2-5H2,1H3;. The van der Waals surface area contributed by atoms with Crippen molar-refractivity contribution >= 4 is 6.08 Å². The van der Waals surface area contributed by atoms with Gasteiger partial charge in [-0.05, 0) is 5.92 Å². The molecule has 56 valence electrons. The molecule has 0 aromatic carbocycles. The van der Waals surface area contributed by atoms with Crippen LogP contribution in [-0.2, 0) is 4.79 Å². The summed E-state index contributed by atoms with van der Waals surface area (Å²) in [4.78, 5) is 10.6. The largest absolute Gasteiger partial charge is 0.557 e. The van der Waals surface area contributed by atoms with Gasteiger partial charge in [-0.3, -0.25) is 0 Å². The van der Waals surface area contributed by atoms with E-state index in [1.54, 1.807) is 0 Å². The summed E-state index contributed by atoms with van der Waals surface area (Å²) in [5, 5.41) is 0. The van der Waals surface area contributed by atoms with E-state index in [1.165, 1.54) is 25.7 Å². The molecule has 3 heteroatoms. The lowest BCUT2D eigenvalue weighted by atomic mass is 10.2. The first-order valence-corrected chi connectivity index (χ1v) is 3.52. The third-order valence-corrected chi connectivity index (χ3v) is 1.68. The minimum atomic E-state index is 0.861. The van der Waals surface area contributed by atoms with E-state index in [1.807, 2.05) is 4.79 Å². The normalized spacial score (nSPS) is 16.5. The van der Waals surface area contributed by atoms with Gasteiger partial charge in [0.1, 0.15) is 0 Å². The monoisotopic (exact) mass is 140 g/mol. The van der Waals surface area contributed by atoms with E-state index >= 15 is 0 Å². The van der Waals surface area contributed by atoms with Crippen molar-refractivity contribution < 1.29 is 9.58 Å². The Morgan fingerprint density at radius 3 is 2.00 bits per heavy atom. The van der Waals surface area contributed by atoms with Crippen LogP contribution < -0.4 is 0 Å². The van der Waals surface area contributed by atoms with E-state index in [2.05, 4.69) is 6.92 Å². The van der Waals surface area contributed by atoms with Gasteiger partial charge in [-0.25, -0.2) is 0 Å². The molecule has 0 bridgehead atoms.